The predicted molar refractivity (Wildman–Crippen MR) is 98.8 cm³/mol. The summed E-state index contributed by atoms with van der Waals surface area (Å²) in [6, 6.07) is 15.7. The summed E-state index contributed by atoms with van der Waals surface area (Å²) in [5.41, 5.74) is 3.17. The number of carbonyl (C=O) groups is 3. The Kier molecular flexibility index (Phi) is 4.49. The van der Waals surface area contributed by atoms with Gasteiger partial charge in [0.15, 0.2) is 0 Å². The third-order valence-corrected chi connectivity index (χ3v) is 4.48. The maximum Gasteiger partial charge on any atom is 0.377 e. The van der Waals surface area contributed by atoms with Gasteiger partial charge in [0.2, 0.25) is 5.76 Å². The van der Waals surface area contributed by atoms with E-state index in [0.717, 1.165) is 16.0 Å². The molecule has 140 valence electrons. The molecule has 0 aliphatic carbocycles. The lowest BCUT2D eigenvalue weighted by Gasteiger charge is -2.13. The van der Waals surface area contributed by atoms with Gasteiger partial charge in [-0.05, 0) is 19.1 Å². The van der Waals surface area contributed by atoms with Gasteiger partial charge in [0.05, 0.1) is 17.7 Å². The fraction of sp³-hybridized carbons (Fsp3) is 0.143. The Labute approximate surface area is 160 Å². The van der Waals surface area contributed by atoms with E-state index in [2.05, 4.69) is 5.16 Å². The second kappa shape index (κ2) is 7.11. The maximum atomic E-state index is 12.3. The van der Waals surface area contributed by atoms with Gasteiger partial charge in [-0.2, -0.15) is 0 Å². The lowest BCUT2D eigenvalue weighted by Crippen LogP contribution is -2.33. The first-order valence-corrected chi connectivity index (χ1v) is 8.70. The number of nitrogens with zero attached hydrogens (tertiary/aromatic N) is 2. The third-order valence-electron chi connectivity index (χ3n) is 4.48. The first kappa shape index (κ1) is 17.7. The summed E-state index contributed by atoms with van der Waals surface area (Å²) in [6.45, 7) is 1.81. The number of rotatable bonds is 5. The normalized spacial score (nSPS) is 13.0. The number of ether oxygens (including phenoxy) is 1. The van der Waals surface area contributed by atoms with Crippen molar-refractivity contribution in [2.45, 2.75) is 6.92 Å². The van der Waals surface area contributed by atoms with Crippen molar-refractivity contribution in [3.63, 3.8) is 0 Å². The standard InChI is InChI=1S/C21H16N2O5/c1-13-6-8-14(9-7-13)17-12-18(28-22-17)21(26)27-11-10-23-19(24)15-4-2-3-5-16(15)20(23)25/h2-9,12H,10-11H2,1H3. The molecule has 1 aliphatic rings. The molecule has 2 aromatic carbocycles. The highest BCUT2D eigenvalue weighted by Crippen LogP contribution is 2.22. The van der Waals surface area contributed by atoms with Crippen LogP contribution < -0.4 is 0 Å². The van der Waals surface area contributed by atoms with Gasteiger partial charge in [0.1, 0.15) is 12.3 Å². The Bertz CT molecular complexity index is 1030. The average Bonchev–Trinajstić information content (AvgIpc) is 3.29. The largest absolute Gasteiger partial charge is 0.458 e. The van der Waals surface area contributed by atoms with Crippen LogP contribution in [0.4, 0.5) is 0 Å². The molecule has 4 rings (SSSR count). The summed E-state index contributed by atoms with van der Waals surface area (Å²) >= 11 is 0. The molecule has 7 nitrogen and oxygen atoms in total. The van der Waals surface area contributed by atoms with Crippen molar-refractivity contribution in [1.29, 1.82) is 0 Å². The van der Waals surface area contributed by atoms with E-state index in [1.807, 2.05) is 31.2 Å². The molecule has 0 bridgehead atoms. The fourth-order valence-corrected chi connectivity index (χ4v) is 2.97. The van der Waals surface area contributed by atoms with Crippen LogP contribution in [-0.4, -0.2) is 41.0 Å². The van der Waals surface area contributed by atoms with Crippen molar-refractivity contribution in [1.82, 2.24) is 10.1 Å². The SMILES string of the molecule is Cc1ccc(-c2cc(C(=O)OCCN3C(=O)c4ccccc4C3=O)on2)cc1. The summed E-state index contributed by atoms with van der Waals surface area (Å²) in [4.78, 5) is 37.8. The molecule has 0 atom stereocenters. The van der Waals surface area contributed by atoms with E-state index in [0.29, 0.717) is 16.8 Å². The highest BCUT2D eigenvalue weighted by molar-refractivity contribution is 6.21. The van der Waals surface area contributed by atoms with Crippen molar-refractivity contribution in [2.24, 2.45) is 0 Å². The smallest absolute Gasteiger partial charge is 0.377 e. The monoisotopic (exact) mass is 376 g/mol. The van der Waals surface area contributed by atoms with Crippen molar-refractivity contribution in [3.8, 4) is 11.3 Å². The van der Waals surface area contributed by atoms with Crippen LogP contribution in [0.5, 0.6) is 0 Å². The van der Waals surface area contributed by atoms with E-state index in [1.165, 1.54) is 6.07 Å². The van der Waals surface area contributed by atoms with Gasteiger partial charge in [0, 0.05) is 11.6 Å². The summed E-state index contributed by atoms with van der Waals surface area (Å²) in [5, 5.41) is 3.88. The number of carbonyl (C=O) groups excluding carboxylic acids is 3. The van der Waals surface area contributed by atoms with E-state index >= 15 is 0 Å². The molecular weight excluding hydrogens is 360 g/mol. The highest BCUT2D eigenvalue weighted by Gasteiger charge is 2.34. The van der Waals surface area contributed by atoms with Crippen LogP contribution in [0.25, 0.3) is 11.3 Å². The first-order chi connectivity index (χ1) is 13.5. The molecule has 1 aromatic heterocycles. The molecule has 1 aliphatic heterocycles. The number of aromatic nitrogens is 1. The Hall–Kier alpha value is -3.74. The summed E-state index contributed by atoms with van der Waals surface area (Å²) in [6.07, 6.45) is 0. The van der Waals surface area contributed by atoms with Crippen LogP contribution in [-0.2, 0) is 4.74 Å². The van der Waals surface area contributed by atoms with Crippen molar-refractivity contribution in [2.75, 3.05) is 13.2 Å². The Morgan fingerprint density at radius 1 is 1.04 bits per heavy atom. The van der Waals surface area contributed by atoms with E-state index in [4.69, 9.17) is 9.26 Å². The van der Waals surface area contributed by atoms with Crippen LogP contribution in [0.2, 0.25) is 0 Å². The number of amides is 2. The van der Waals surface area contributed by atoms with Gasteiger partial charge >= 0.3 is 5.97 Å². The predicted octanol–water partition coefficient (Wildman–Crippen LogP) is 3.10. The minimum Gasteiger partial charge on any atom is -0.458 e. The van der Waals surface area contributed by atoms with E-state index in [9.17, 15) is 14.4 Å². The molecular formula is C21H16N2O5. The molecule has 0 saturated heterocycles. The van der Waals surface area contributed by atoms with Crippen LogP contribution in [0.1, 0.15) is 36.8 Å². The van der Waals surface area contributed by atoms with E-state index in [1.54, 1.807) is 24.3 Å². The summed E-state index contributed by atoms with van der Waals surface area (Å²) < 4.78 is 10.2. The fourth-order valence-electron chi connectivity index (χ4n) is 2.97. The minimum atomic E-state index is -0.706. The molecule has 0 fully saturated rings. The second-order valence-corrected chi connectivity index (χ2v) is 6.39. The maximum absolute atomic E-state index is 12.3. The Morgan fingerprint density at radius 2 is 1.68 bits per heavy atom. The molecule has 0 saturated carbocycles. The molecule has 0 radical (unpaired) electrons. The minimum absolute atomic E-state index is 0.0307. The molecule has 0 unspecified atom stereocenters. The second-order valence-electron chi connectivity index (χ2n) is 6.39. The summed E-state index contributed by atoms with van der Waals surface area (Å²) in [7, 11) is 0. The molecule has 2 amide bonds. The highest BCUT2D eigenvalue weighted by atomic mass is 16.6. The quantitative estimate of drug-likeness (QED) is 0.502. The Balaban J connectivity index is 1.36. The number of imide groups is 1. The molecule has 0 spiro atoms. The lowest BCUT2D eigenvalue weighted by molar-refractivity contribution is 0.0386. The van der Waals surface area contributed by atoms with Crippen LogP contribution >= 0.6 is 0 Å². The zero-order valence-electron chi connectivity index (χ0n) is 15.0. The third kappa shape index (κ3) is 3.18. The van der Waals surface area contributed by atoms with Crippen LogP contribution in [0, 0.1) is 6.92 Å². The topological polar surface area (TPSA) is 89.7 Å². The zero-order chi connectivity index (χ0) is 19.7. The van der Waals surface area contributed by atoms with Crippen molar-refractivity contribution >= 4 is 17.8 Å². The van der Waals surface area contributed by atoms with E-state index < -0.39 is 17.8 Å². The van der Waals surface area contributed by atoms with Gasteiger partial charge in [-0.15, -0.1) is 0 Å². The van der Waals surface area contributed by atoms with Crippen LogP contribution in [0.3, 0.4) is 0 Å². The van der Waals surface area contributed by atoms with Gasteiger partial charge in [-0.1, -0.05) is 47.1 Å². The number of hydrogen-bond acceptors (Lipinski definition) is 6. The summed E-state index contributed by atoms with van der Waals surface area (Å²) in [5.74, 6) is -1.53. The van der Waals surface area contributed by atoms with Gasteiger partial charge < -0.3 is 9.26 Å². The van der Waals surface area contributed by atoms with E-state index in [-0.39, 0.29) is 18.9 Å². The lowest BCUT2D eigenvalue weighted by atomic mass is 10.1. The molecule has 7 heteroatoms. The number of aryl methyl sites for hydroxylation is 1. The number of benzene rings is 2. The number of hydrogen-bond donors (Lipinski definition) is 0. The molecule has 2 heterocycles. The molecule has 28 heavy (non-hydrogen) atoms. The molecule has 3 aromatic rings. The average molecular weight is 376 g/mol. The Morgan fingerprint density at radius 3 is 2.32 bits per heavy atom. The van der Waals surface area contributed by atoms with Crippen molar-refractivity contribution in [3.05, 3.63) is 77.0 Å². The van der Waals surface area contributed by atoms with Gasteiger partial charge in [0.25, 0.3) is 11.8 Å². The van der Waals surface area contributed by atoms with Gasteiger partial charge in [-0.25, -0.2) is 4.79 Å². The van der Waals surface area contributed by atoms with Gasteiger partial charge in [-0.3, -0.25) is 14.5 Å². The number of fused-ring (bicyclic) bond motifs is 1. The number of esters is 1. The molecule has 0 N–H and O–H groups in total. The van der Waals surface area contributed by atoms with Crippen molar-refractivity contribution < 1.29 is 23.6 Å². The zero-order valence-corrected chi connectivity index (χ0v) is 15.0. The first-order valence-electron chi connectivity index (χ1n) is 8.70. The van der Waals surface area contributed by atoms with Crippen LogP contribution in [0.15, 0.2) is 59.1 Å².